The molecule has 2 rings (SSSR count). The summed E-state index contributed by atoms with van der Waals surface area (Å²) in [5.41, 5.74) is 5.43. The van der Waals surface area contributed by atoms with Crippen LogP contribution in [0.5, 0.6) is 0 Å². The van der Waals surface area contributed by atoms with Crippen LogP contribution in [0.25, 0.3) is 0 Å². The highest BCUT2D eigenvalue weighted by atomic mass is 35.5. The molecule has 1 saturated heterocycles. The maximum Gasteiger partial charge on any atom is 0.263 e. The predicted molar refractivity (Wildman–Crippen MR) is 77.9 cm³/mol. The lowest BCUT2D eigenvalue weighted by Gasteiger charge is -2.31. The Morgan fingerprint density at radius 3 is 2.79 bits per heavy atom. The molecule has 1 aromatic heterocycles. The Kier molecular flexibility index (Phi) is 5.63. The number of thiophene rings is 1. The topological polar surface area (TPSA) is 55.6 Å². The van der Waals surface area contributed by atoms with Crippen LogP contribution in [0.1, 0.15) is 28.9 Å². The largest absolute Gasteiger partial charge is 0.378 e. The molecule has 1 aliphatic heterocycles. The van der Waals surface area contributed by atoms with E-state index in [0.29, 0.717) is 15.8 Å². The van der Waals surface area contributed by atoms with Gasteiger partial charge in [0.2, 0.25) is 0 Å². The lowest BCUT2D eigenvalue weighted by molar-refractivity contribution is 0.00858. The van der Waals surface area contributed by atoms with E-state index in [-0.39, 0.29) is 12.0 Å². The SMILES string of the molecule is NCCCOC1CCN(C(=O)c2ccc(Cl)s2)CC1. The summed E-state index contributed by atoms with van der Waals surface area (Å²) < 4.78 is 6.38. The molecule has 0 bridgehead atoms. The van der Waals surface area contributed by atoms with Crippen molar-refractivity contribution in [1.29, 1.82) is 0 Å². The second-order valence-electron chi connectivity index (χ2n) is 4.61. The minimum atomic E-state index is 0.0808. The molecule has 0 saturated carbocycles. The molecule has 0 aromatic carbocycles. The molecular formula is C13H19ClN2O2S. The third-order valence-electron chi connectivity index (χ3n) is 3.22. The van der Waals surface area contributed by atoms with Gasteiger partial charge in [0.25, 0.3) is 5.91 Å². The van der Waals surface area contributed by atoms with Crippen LogP contribution >= 0.6 is 22.9 Å². The molecule has 0 spiro atoms. The zero-order chi connectivity index (χ0) is 13.7. The second-order valence-corrected chi connectivity index (χ2v) is 6.32. The molecule has 0 atom stereocenters. The van der Waals surface area contributed by atoms with E-state index in [1.807, 2.05) is 4.90 Å². The first-order valence-corrected chi connectivity index (χ1v) is 7.76. The smallest absolute Gasteiger partial charge is 0.263 e. The Morgan fingerprint density at radius 2 is 2.21 bits per heavy atom. The summed E-state index contributed by atoms with van der Waals surface area (Å²) in [5.74, 6) is 0.0808. The zero-order valence-electron chi connectivity index (χ0n) is 10.8. The molecule has 6 heteroatoms. The van der Waals surface area contributed by atoms with E-state index < -0.39 is 0 Å². The lowest BCUT2D eigenvalue weighted by Crippen LogP contribution is -2.40. The Labute approximate surface area is 122 Å². The molecule has 0 aliphatic carbocycles. The monoisotopic (exact) mass is 302 g/mol. The number of likely N-dealkylation sites (tertiary alicyclic amines) is 1. The predicted octanol–water partition coefficient (Wildman–Crippen LogP) is 2.37. The number of nitrogens with two attached hydrogens (primary N) is 1. The molecule has 0 unspecified atom stereocenters. The van der Waals surface area contributed by atoms with Crippen molar-refractivity contribution in [3.8, 4) is 0 Å². The van der Waals surface area contributed by atoms with Crippen molar-refractivity contribution in [1.82, 2.24) is 4.90 Å². The number of hydrogen-bond donors (Lipinski definition) is 1. The van der Waals surface area contributed by atoms with Crippen LogP contribution in [0.15, 0.2) is 12.1 Å². The minimum Gasteiger partial charge on any atom is -0.378 e. The van der Waals surface area contributed by atoms with Gasteiger partial charge in [-0.25, -0.2) is 0 Å². The number of rotatable bonds is 5. The van der Waals surface area contributed by atoms with E-state index in [0.717, 1.165) is 39.0 Å². The minimum absolute atomic E-state index is 0.0808. The van der Waals surface area contributed by atoms with Crippen molar-refractivity contribution in [2.45, 2.75) is 25.4 Å². The van der Waals surface area contributed by atoms with Gasteiger partial charge < -0.3 is 15.4 Å². The lowest BCUT2D eigenvalue weighted by atomic mass is 10.1. The summed E-state index contributed by atoms with van der Waals surface area (Å²) in [6.45, 7) is 2.88. The Balaban J connectivity index is 1.78. The summed E-state index contributed by atoms with van der Waals surface area (Å²) in [6, 6.07) is 3.56. The molecule has 2 heterocycles. The van der Waals surface area contributed by atoms with E-state index >= 15 is 0 Å². The van der Waals surface area contributed by atoms with Gasteiger partial charge in [0.1, 0.15) is 0 Å². The van der Waals surface area contributed by atoms with Gasteiger partial charge in [0.15, 0.2) is 0 Å². The Bertz CT molecular complexity index is 417. The number of halogens is 1. The van der Waals surface area contributed by atoms with E-state index in [1.165, 1.54) is 11.3 Å². The molecule has 1 aliphatic rings. The number of carbonyl (C=O) groups excluding carboxylic acids is 1. The summed E-state index contributed by atoms with van der Waals surface area (Å²) in [5, 5.41) is 0. The first-order valence-electron chi connectivity index (χ1n) is 6.57. The van der Waals surface area contributed by atoms with Crippen molar-refractivity contribution in [3.63, 3.8) is 0 Å². The van der Waals surface area contributed by atoms with E-state index in [1.54, 1.807) is 12.1 Å². The van der Waals surface area contributed by atoms with Crippen molar-refractivity contribution >= 4 is 28.8 Å². The first-order chi connectivity index (χ1) is 9.20. The number of piperidine rings is 1. The Morgan fingerprint density at radius 1 is 1.47 bits per heavy atom. The fourth-order valence-electron chi connectivity index (χ4n) is 2.14. The average molecular weight is 303 g/mol. The highest BCUT2D eigenvalue weighted by molar-refractivity contribution is 7.17. The zero-order valence-corrected chi connectivity index (χ0v) is 12.4. The standard InChI is InChI=1S/C13H19ClN2O2S/c14-12-3-2-11(19-12)13(17)16-7-4-10(5-8-16)18-9-1-6-15/h2-3,10H,1,4-9,15H2. The molecule has 1 aromatic rings. The summed E-state index contributed by atoms with van der Waals surface area (Å²) in [7, 11) is 0. The second kappa shape index (κ2) is 7.24. The summed E-state index contributed by atoms with van der Waals surface area (Å²) in [4.78, 5) is 14.8. The van der Waals surface area contributed by atoms with Gasteiger partial charge in [-0.05, 0) is 37.9 Å². The van der Waals surface area contributed by atoms with Gasteiger partial charge in [-0.1, -0.05) is 11.6 Å². The third kappa shape index (κ3) is 4.18. The van der Waals surface area contributed by atoms with E-state index in [9.17, 15) is 4.79 Å². The average Bonchev–Trinajstić information content (AvgIpc) is 2.86. The van der Waals surface area contributed by atoms with Crippen LogP contribution in [0, 0.1) is 0 Å². The van der Waals surface area contributed by atoms with E-state index in [4.69, 9.17) is 22.1 Å². The number of nitrogens with zero attached hydrogens (tertiary/aromatic N) is 1. The van der Waals surface area contributed by atoms with Crippen LogP contribution in [0.2, 0.25) is 4.34 Å². The highest BCUT2D eigenvalue weighted by Gasteiger charge is 2.24. The molecule has 1 fully saturated rings. The van der Waals surface area contributed by atoms with Crippen LogP contribution in [0.3, 0.4) is 0 Å². The number of carbonyl (C=O) groups is 1. The van der Waals surface area contributed by atoms with Crippen LogP contribution < -0.4 is 5.73 Å². The highest BCUT2D eigenvalue weighted by Crippen LogP contribution is 2.24. The first kappa shape index (κ1) is 14.8. The molecule has 2 N–H and O–H groups in total. The fourth-order valence-corrected chi connectivity index (χ4v) is 3.15. The Hall–Kier alpha value is -0.620. The van der Waals surface area contributed by atoms with Gasteiger partial charge in [0.05, 0.1) is 15.3 Å². The van der Waals surface area contributed by atoms with Crippen LogP contribution in [0.4, 0.5) is 0 Å². The quantitative estimate of drug-likeness (QED) is 0.850. The van der Waals surface area contributed by atoms with Crippen LogP contribution in [-0.4, -0.2) is 43.2 Å². The van der Waals surface area contributed by atoms with E-state index in [2.05, 4.69) is 0 Å². The summed E-state index contributed by atoms with van der Waals surface area (Å²) in [6.07, 6.45) is 2.96. The third-order valence-corrected chi connectivity index (χ3v) is 4.43. The number of hydrogen-bond acceptors (Lipinski definition) is 4. The van der Waals surface area contributed by atoms with Gasteiger partial charge >= 0.3 is 0 Å². The van der Waals surface area contributed by atoms with Crippen molar-refractivity contribution in [2.24, 2.45) is 5.73 Å². The molecule has 4 nitrogen and oxygen atoms in total. The van der Waals surface area contributed by atoms with Crippen molar-refractivity contribution in [2.75, 3.05) is 26.2 Å². The van der Waals surface area contributed by atoms with Gasteiger partial charge in [-0.3, -0.25) is 4.79 Å². The number of ether oxygens (including phenoxy) is 1. The van der Waals surface area contributed by atoms with Crippen molar-refractivity contribution in [3.05, 3.63) is 21.3 Å². The molecule has 19 heavy (non-hydrogen) atoms. The molecule has 106 valence electrons. The van der Waals surface area contributed by atoms with Crippen molar-refractivity contribution < 1.29 is 9.53 Å². The maximum absolute atomic E-state index is 12.2. The van der Waals surface area contributed by atoms with Crippen LogP contribution in [-0.2, 0) is 4.74 Å². The van der Waals surface area contributed by atoms with Gasteiger partial charge in [-0.2, -0.15) is 0 Å². The summed E-state index contributed by atoms with van der Waals surface area (Å²) >= 11 is 7.19. The number of amides is 1. The molecule has 0 radical (unpaired) electrons. The normalized spacial score (nSPS) is 16.8. The fraction of sp³-hybridized carbons (Fsp3) is 0.615. The van der Waals surface area contributed by atoms with Gasteiger partial charge in [0, 0.05) is 19.7 Å². The maximum atomic E-state index is 12.2. The molecular weight excluding hydrogens is 284 g/mol. The molecule has 1 amide bonds. The van der Waals surface area contributed by atoms with Gasteiger partial charge in [-0.15, -0.1) is 11.3 Å².